The molecule has 0 amide bonds. The fourth-order valence-electron chi connectivity index (χ4n) is 4.02. The van der Waals surface area contributed by atoms with Crippen molar-refractivity contribution in [1.82, 2.24) is 29.5 Å². The molecule has 1 aromatic carbocycles. The molecular weight excluding hydrogens is 352 g/mol. The summed E-state index contributed by atoms with van der Waals surface area (Å²) in [6.07, 6.45) is 5.89. The van der Waals surface area contributed by atoms with E-state index in [1.807, 2.05) is 23.1 Å². The van der Waals surface area contributed by atoms with E-state index in [0.717, 1.165) is 59.5 Å². The van der Waals surface area contributed by atoms with Crippen LogP contribution in [0.15, 0.2) is 36.7 Å². The van der Waals surface area contributed by atoms with Crippen molar-refractivity contribution >= 4 is 21.9 Å². The van der Waals surface area contributed by atoms with Gasteiger partial charge in [-0.15, -0.1) is 5.10 Å². The SMILES string of the molecule is CC(C)c1cn(Cc2nc3cnc4ccccc4c3n2C2CCOCC2)nn1. The number of pyridine rings is 1. The molecule has 4 heterocycles. The summed E-state index contributed by atoms with van der Waals surface area (Å²) in [5, 5.41) is 9.77. The highest BCUT2D eigenvalue weighted by Gasteiger charge is 2.24. The van der Waals surface area contributed by atoms with E-state index in [9.17, 15) is 0 Å². The van der Waals surface area contributed by atoms with Crippen LogP contribution in [0.5, 0.6) is 0 Å². The number of hydrogen-bond donors (Lipinski definition) is 0. The molecular formula is C21H24N6O. The molecule has 0 atom stereocenters. The summed E-state index contributed by atoms with van der Waals surface area (Å²) in [6, 6.07) is 8.66. The van der Waals surface area contributed by atoms with E-state index >= 15 is 0 Å². The number of fused-ring (bicyclic) bond motifs is 3. The van der Waals surface area contributed by atoms with Crippen LogP contribution >= 0.6 is 0 Å². The monoisotopic (exact) mass is 376 g/mol. The van der Waals surface area contributed by atoms with Gasteiger partial charge in [0, 0.05) is 30.8 Å². The molecule has 28 heavy (non-hydrogen) atoms. The van der Waals surface area contributed by atoms with Crippen LogP contribution in [0.3, 0.4) is 0 Å². The zero-order valence-corrected chi connectivity index (χ0v) is 16.2. The highest BCUT2D eigenvalue weighted by molar-refractivity contribution is 6.02. The molecule has 1 aliphatic heterocycles. The third kappa shape index (κ3) is 2.96. The van der Waals surface area contributed by atoms with Crippen LogP contribution in [0.2, 0.25) is 0 Å². The molecule has 1 fully saturated rings. The van der Waals surface area contributed by atoms with Crippen molar-refractivity contribution in [2.24, 2.45) is 0 Å². The largest absolute Gasteiger partial charge is 0.381 e. The van der Waals surface area contributed by atoms with E-state index in [4.69, 9.17) is 9.72 Å². The summed E-state index contributed by atoms with van der Waals surface area (Å²) < 4.78 is 9.90. The predicted octanol–water partition coefficient (Wildman–Crippen LogP) is 3.70. The molecule has 0 aliphatic carbocycles. The van der Waals surface area contributed by atoms with Crippen molar-refractivity contribution in [2.45, 2.75) is 45.2 Å². The molecule has 7 heteroatoms. The Morgan fingerprint density at radius 3 is 2.75 bits per heavy atom. The second kappa shape index (κ2) is 6.98. The van der Waals surface area contributed by atoms with Crippen LogP contribution in [0.4, 0.5) is 0 Å². The van der Waals surface area contributed by atoms with Crippen molar-refractivity contribution in [3.05, 3.63) is 48.2 Å². The van der Waals surface area contributed by atoms with Crippen molar-refractivity contribution in [3.63, 3.8) is 0 Å². The molecule has 1 aliphatic rings. The van der Waals surface area contributed by atoms with Crippen LogP contribution in [0, 0.1) is 0 Å². The van der Waals surface area contributed by atoms with Gasteiger partial charge in [-0.25, -0.2) is 9.67 Å². The molecule has 0 saturated carbocycles. The van der Waals surface area contributed by atoms with Gasteiger partial charge in [-0.1, -0.05) is 37.3 Å². The molecule has 3 aromatic heterocycles. The molecule has 4 aromatic rings. The second-order valence-electron chi connectivity index (χ2n) is 7.75. The average Bonchev–Trinajstić information content (AvgIpc) is 3.33. The van der Waals surface area contributed by atoms with Gasteiger partial charge in [0.05, 0.1) is 22.9 Å². The first-order chi connectivity index (χ1) is 13.7. The van der Waals surface area contributed by atoms with E-state index in [-0.39, 0.29) is 0 Å². The number of benzene rings is 1. The minimum absolute atomic E-state index is 0.358. The number of aromatic nitrogens is 6. The van der Waals surface area contributed by atoms with Gasteiger partial charge in [-0.3, -0.25) is 4.98 Å². The zero-order chi connectivity index (χ0) is 19.1. The first kappa shape index (κ1) is 17.3. The Balaban J connectivity index is 1.67. The lowest BCUT2D eigenvalue weighted by Crippen LogP contribution is -2.22. The maximum absolute atomic E-state index is 5.61. The molecule has 0 N–H and O–H groups in total. The standard InChI is InChI=1S/C21H24N6O/c1-14(2)19-12-26(25-24-19)13-20-23-18-11-22-17-6-4-3-5-16(17)21(18)27(20)15-7-9-28-10-8-15/h3-6,11-12,14-15H,7-10,13H2,1-2H3. The summed E-state index contributed by atoms with van der Waals surface area (Å²) in [5.41, 5.74) is 4.10. The van der Waals surface area contributed by atoms with Crippen LogP contribution in [0.25, 0.3) is 21.9 Å². The Morgan fingerprint density at radius 2 is 1.96 bits per heavy atom. The van der Waals surface area contributed by atoms with E-state index < -0.39 is 0 Å². The normalized spacial score (nSPS) is 15.8. The molecule has 5 rings (SSSR count). The van der Waals surface area contributed by atoms with Gasteiger partial charge < -0.3 is 9.30 Å². The molecule has 0 unspecified atom stereocenters. The fraction of sp³-hybridized carbons (Fsp3) is 0.429. The van der Waals surface area contributed by atoms with Crippen LogP contribution in [-0.2, 0) is 11.3 Å². The van der Waals surface area contributed by atoms with Gasteiger partial charge in [0.1, 0.15) is 17.9 Å². The van der Waals surface area contributed by atoms with Gasteiger partial charge in [-0.05, 0) is 24.8 Å². The molecule has 0 bridgehead atoms. The molecule has 144 valence electrons. The topological polar surface area (TPSA) is 70.7 Å². The van der Waals surface area contributed by atoms with Gasteiger partial charge in [0.25, 0.3) is 0 Å². The number of ether oxygens (including phenoxy) is 1. The summed E-state index contributed by atoms with van der Waals surface area (Å²) >= 11 is 0. The molecule has 0 radical (unpaired) electrons. The number of imidazole rings is 1. The molecule has 7 nitrogen and oxygen atoms in total. The van der Waals surface area contributed by atoms with Gasteiger partial charge in [-0.2, -0.15) is 0 Å². The minimum Gasteiger partial charge on any atom is -0.381 e. The number of nitrogens with zero attached hydrogens (tertiary/aromatic N) is 6. The van der Waals surface area contributed by atoms with E-state index in [2.05, 4.69) is 51.9 Å². The smallest absolute Gasteiger partial charge is 0.132 e. The minimum atomic E-state index is 0.358. The Hall–Kier alpha value is -2.80. The third-order valence-electron chi connectivity index (χ3n) is 5.50. The number of para-hydroxylation sites is 1. The Labute approximate surface area is 163 Å². The Bertz CT molecular complexity index is 1120. The lowest BCUT2D eigenvalue weighted by Gasteiger charge is -2.26. The zero-order valence-electron chi connectivity index (χ0n) is 16.2. The van der Waals surface area contributed by atoms with E-state index in [1.165, 1.54) is 0 Å². The maximum atomic E-state index is 5.61. The lowest BCUT2D eigenvalue weighted by atomic mass is 10.1. The molecule has 1 saturated heterocycles. The summed E-state index contributed by atoms with van der Waals surface area (Å²) in [5.74, 6) is 1.36. The highest BCUT2D eigenvalue weighted by Crippen LogP contribution is 2.32. The third-order valence-corrected chi connectivity index (χ3v) is 5.50. The van der Waals surface area contributed by atoms with Crippen LogP contribution in [0.1, 0.15) is 50.2 Å². The Morgan fingerprint density at radius 1 is 1.14 bits per heavy atom. The van der Waals surface area contributed by atoms with E-state index in [1.54, 1.807) is 0 Å². The van der Waals surface area contributed by atoms with Gasteiger partial charge in [0.2, 0.25) is 0 Å². The predicted molar refractivity (Wildman–Crippen MR) is 107 cm³/mol. The van der Waals surface area contributed by atoms with Gasteiger partial charge in [0.15, 0.2) is 0 Å². The first-order valence-corrected chi connectivity index (χ1v) is 9.93. The van der Waals surface area contributed by atoms with Crippen molar-refractivity contribution in [1.29, 1.82) is 0 Å². The summed E-state index contributed by atoms with van der Waals surface area (Å²) in [4.78, 5) is 9.57. The maximum Gasteiger partial charge on any atom is 0.132 e. The highest BCUT2D eigenvalue weighted by atomic mass is 16.5. The average molecular weight is 376 g/mol. The second-order valence-corrected chi connectivity index (χ2v) is 7.75. The Kier molecular flexibility index (Phi) is 4.31. The lowest BCUT2D eigenvalue weighted by molar-refractivity contribution is 0.0698. The first-order valence-electron chi connectivity index (χ1n) is 9.93. The van der Waals surface area contributed by atoms with Crippen molar-refractivity contribution in [3.8, 4) is 0 Å². The number of hydrogen-bond acceptors (Lipinski definition) is 5. The van der Waals surface area contributed by atoms with Crippen molar-refractivity contribution in [2.75, 3.05) is 13.2 Å². The fourth-order valence-corrected chi connectivity index (χ4v) is 4.02. The van der Waals surface area contributed by atoms with Crippen LogP contribution in [-0.4, -0.2) is 42.7 Å². The summed E-state index contributed by atoms with van der Waals surface area (Å²) in [6.45, 7) is 6.42. The van der Waals surface area contributed by atoms with Crippen LogP contribution < -0.4 is 0 Å². The van der Waals surface area contributed by atoms with E-state index in [0.29, 0.717) is 18.5 Å². The van der Waals surface area contributed by atoms with Gasteiger partial charge >= 0.3 is 0 Å². The quantitative estimate of drug-likeness (QED) is 0.543. The van der Waals surface area contributed by atoms with Crippen molar-refractivity contribution < 1.29 is 4.74 Å². The molecule has 0 spiro atoms. The number of rotatable bonds is 4. The summed E-state index contributed by atoms with van der Waals surface area (Å²) in [7, 11) is 0.